The number of anilines is 1. The van der Waals surface area contributed by atoms with Crippen molar-refractivity contribution in [3.05, 3.63) is 60.2 Å². The summed E-state index contributed by atoms with van der Waals surface area (Å²) >= 11 is 0. The molecule has 10 nitrogen and oxygen atoms in total. The largest absolute Gasteiger partial charge is 0.324 e. The van der Waals surface area contributed by atoms with Crippen molar-refractivity contribution in [1.82, 2.24) is 0 Å². The van der Waals surface area contributed by atoms with E-state index in [1.165, 1.54) is 12.5 Å². The van der Waals surface area contributed by atoms with Gasteiger partial charge in [0.2, 0.25) is 0 Å². The highest BCUT2D eigenvalue weighted by Gasteiger charge is 2.35. The Kier molecular flexibility index (Phi) is 14.7. The number of nitrogens with two attached hydrogens (primary N) is 1. The molecule has 3 rings (SSSR count). The second kappa shape index (κ2) is 16.6. The van der Waals surface area contributed by atoms with Crippen LogP contribution in [0.15, 0.2) is 59.6 Å². The molecule has 1 heterocycles. The number of unbranched alkanes of at least 4 members (excludes halogenated alkanes) is 2. The highest BCUT2D eigenvalue weighted by molar-refractivity contribution is 7.86. The van der Waals surface area contributed by atoms with Crippen LogP contribution in [0.1, 0.15) is 71.8 Å². The molecule has 0 amide bonds. The summed E-state index contributed by atoms with van der Waals surface area (Å²) in [5.74, 6) is 4.83. The smallest absolute Gasteiger partial charge is 0.264 e. The Balaban J connectivity index is 0.000000329. The van der Waals surface area contributed by atoms with Gasteiger partial charge in [-0.25, -0.2) is 0 Å². The lowest BCUT2D eigenvalue weighted by molar-refractivity contribution is -0.120. The van der Waals surface area contributed by atoms with Crippen LogP contribution in [-0.4, -0.2) is 48.9 Å². The lowest BCUT2D eigenvalue weighted by atomic mass is 9.76. The van der Waals surface area contributed by atoms with Gasteiger partial charge in [0, 0.05) is 22.7 Å². The number of ketones is 1. The third kappa shape index (κ3) is 13.6. The Labute approximate surface area is 239 Å². The monoisotopic (exact) mass is 597 g/mol. The lowest BCUT2D eigenvalue weighted by Crippen LogP contribution is -2.27. The van der Waals surface area contributed by atoms with Crippen molar-refractivity contribution in [2.45, 2.75) is 71.6 Å². The van der Waals surface area contributed by atoms with Crippen LogP contribution in [0, 0.1) is 5.92 Å². The number of para-hydroxylation sites is 2. The van der Waals surface area contributed by atoms with Gasteiger partial charge in [-0.15, -0.1) is 0 Å². The van der Waals surface area contributed by atoms with Crippen LogP contribution in [-0.2, 0) is 30.4 Å². The first kappa shape index (κ1) is 35.4. The summed E-state index contributed by atoms with van der Waals surface area (Å²) in [5, 5.41) is 0. The predicted octanol–water partition coefficient (Wildman–Crippen LogP) is 5.35. The summed E-state index contributed by atoms with van der Waals surface area (Å²) in [6, 6.07) is 17.7. The maximum absolute atomic E-state index is 10.8. The number of hydrogen-bond donors (Lipinski definition) is 4. The molecule has 40 heavy (non-hydrogen) atoms. The molecule has 2 atom stereocenters. The third-order valence-electron chi connectivity index (χ3n) is 6.84. The van der Waals surface area contributed by atoms with Crippen molar-refractivity contribution in [2.75, 3.05) is 16.9 Å². The molecule has 2 aromatic rings. The van der Waals surface area contributed by atoms with Gasteiger partial charge in [-0.1, -0.05) is 63.1 Å². The number of hydrazine groups is 1. The summed E-state index contributed by atoms with van der Waals surface area (Å²) in [6.45, 7) is 7.50. The van der Waals surface area contributed by atoms with Crippen LogP contribution < -0.4 is 11.3 Å². The van der Waals surface area contributed by atoms with Gasteiger partial charge in [0.05, 0.1) is 17.2 Å². The Morgan fingerprint density at radius 3 is 1.95 bits per heavy atom. The van der Waals surface area contributed by atoms with E-state index in [0.717, 1.165) is 29.9 Å². The average molecular weight is 598 g/mol. The van der Waals surface area contributed by atoms with Gasteiger partial charge in [0.15, 0.2) is 0 Å². The zero-order chi connectivity index (χ0) is 30.4. The molecule has 0 radical (unpaired) electrons. The van der Waals surface area contributed by atoms with Gasteiger partial charge in [-0.3, -0.25) is 24.7 Å². The van der Waals surface area contributed by atoms with Crippen molar-refractivity contribution in [3.63, 3.8) is 0 Å². The van der Waals surface area contributed by atoms with Crippen molar-refractivity contribution in [3.8, 4) is 0 Å². The highest BCUT2D eigenvalue weighted by Crippen LogP contribution is 2.42. The molecular formula is C28H43N3O7S2. The Bertz CT molecular complexity index is 1310. The zero-order valence-corrected chi connectivity index (χ0v) is 25.3. The number of carbonyl (C=O) groups is 1. The topological polar surface area (TPSA) is 176 Å². The van der Waals surface area contributed by atoms with E-state index in [-0.39, 0.29) is 28.6 Å². The number of nitrogens with one attached hydrogen (secondary N) is 1. The second-order valence-electron chi connectivity index (χ2n) is 10.1. The first-order valence-electron chi connectivity index (χ1n) is 13.2. The minimum absolute atomic E-state index is 0.0126. The summed E-state index contributed by atoms with van der Waals surface area (Å²) in [6.07, 6.45) is 3.82. The lowest BCUT2D eigenvalue weighted by Gasteiger charge is -2.26. The number of hydrogen-bond acceptors (Lipinski definition) is 8. The molecule has 1 aliphatic heterocycles. The van der Waals surface area contributed by atoms with Gasteiger partial charge < -0.3 is 5.43 Å². The first-order valence-corrected chi connectivity index (χ1v) is 16.4. The van der Waals surface area contributed by atoms with Gasteiger partial charge in [0.1, 0.15) is 5.78 Å². The number of aliphatic imine (C=N–C) groups is 1. The number of benzene rings is 2. The number of carbonyl (C=O) groups excluding carboxylic acids is 1. The third-order valence-corrected chi connectivity index (χ3v) is 8.45. The van der Waals surface area contributed by atoms with Crippen LogP contribution in [0.25, 0.3) is 0 Å². The molecule has 5 N–H and O–H groups in total. The number of rotatable bonds is 12. The molecule has 0 saturated carbocycles. The fraction of sp³-hybridized carbons (Fsp3) is 0.500. The molecule has 2 aromatic carbocycles. The minimum atomic E-state index is -3.84. The summed E-state index contributed by atoms with van der Waals surface area (Å²) in [4.78, 5) is 15.3. The Morgan fingerprint density at radius 1 is 0.925 bits per heavy atom. The maximum Gasteiger partial charge on any atom is 0.264 e. The fourth-order valence-corrected chi connectivity index (χ4v) is 5.23. The SMILES string of the molecule is CC(=O)C(C)CCCCS(=O)(=O)O.CC1=Nc2ccccc2C1(C)CCCCS(=O)(=O)O.NNc1ccccc1. The standard InChI is InChI=1S/C14H19NO3S.C8H16O4S.C6H8N2/c1-11-14(2,9-5-6-10-19(16,17)18)12-7-3-4-8-13(12)15-11;1-7(8(2)9)5-3-4-6-13(10,11)12;7-8-6-4-2-1-3-5-6/h3-4,7-8H,5-6,9-10H2,1-2H3,(H,16,17,18);7H,3-6H2,1-2H3,(H,10,11,12);1-5,8H,7H2. The van der Waals surface area contributed by atoms with E-state index in [1.807, 2.05) is 62.4 Å². The molecule has 1 aliphatic rings. The molecule has 2 unspecified atom stereocenters. The normalized spacial score (nSPS) is 16.8. The van der Waals surface area contributed by atoms with Crippen molar-refractivity contribution in [2.24, 2.45) is 16.8 Å². The Morgan fingerprint density at radius 2 is 1.45 bits per heavy atom. The number of Topliss-reactive ketones (excluding diaryl/α,β-unsaturated/α-hetero) is 1. The summed E-state index contributed by atoms with van der Waals surface area (Å²) < 4.78 is 59.1. The minimum Gasteiger partial charge on any atom is -0.324 e. The molecule has 0 fully saturated rings. The Hall–Kier alpha value is -2.64. The molecule has 0 spiro atoms. The molecule has 224 valence electrons. The van der Waals surface area contributed by atoms with Gasteiger partial charge in [-0.05, 0) is 63.3 Å². The van der Waals surface area contributed by atoms with Crippen LogP contribution in [0.3, 0.4) is 0 Å². The van der Waals surface area contributed by atoms with Crippen LogP contribution in [0.4, 0.5) is 11.4 Å². The second-order valence-corrected chi connectivity index (χ2v) is 13.2. The van der Waals surface area contributed by atoms with Gasteiger partial charge >= 0.3 is 0 Å². The van der Waals surface area contributed by atoms with E-state index in [1.54, 1.807) is 0 Å². The van der Waals surface area contributed by atoms with Gasteiger partial charge in [0.25, 0.3) is 20.2 Å². The average Bonchev–Trinajstić information content (AvgIpc) is 3.14. The quantitative estimate of drug-likeness (QED) is 0.109. The summed E-state index contributed by atoms with van der Waals surface area (Å²) in [7, 11) is -7.67. The fourth-order valence-electron chi connectivity index (χ4n) is 4.09. The van der Waals surface area contributed by atoms with Crippen molar-refractivity contribution < 1.29 is 30.7 Å². The van der Waals surface area contributed by atoms with Crippen LogP contribution in [0.2, 0.25) is 0 Å². The maximum atomic E-state index is 10.8. The number of fused-ring (bicyclic) bond motifs is 1. The van der Waals surface area contributed by atoms with Crippen molar-refractivity contribution >= 4 is 43.1 Å². The van der Waals surface area contributed by atoms with E-state index in [0.29, 0.717) is 25.7 Å². The van der Waals surface area contributed by atoms with E-state index in [2.05, 4.69) is 23.4 Å². The molecule has 12 heteroatoms. The first-order chi connectivity index (χ1) is 18.6. The van der Waals surface area contributed by atoms with Crippen LogP contribution in [0.5, 0.6) is 0 Å². The van der Waals surface area contributed by atoms with E-state index >= 15 is 0 Å². The highest BCUT2D eigenvalue weighted by atomic mass is 32.2. The van der Waals surface area contributed by atoms with E-state index < -0.39 is 20.2 Å². The predicted molar refractivity (Wildman–Crippen MR) is 161 cm³/mol. The number of nitrogen functional groups attached to an aromatic ring is 1. The molecule has 0 aromatic heterocycles. The van der Waals surface area contributed by atoms with E-state index in [9.17, 15) is 21.6 Å². The molecule has 0 saturated heterocycles. The van der Waals surface area contributed by atoms with E-state index in [4.69, 9.17) is 14.9 Å². The van der Waals surface area contributed by atoms with Crippen LogP contribution >= 0.6 is 0 Å². The molecular weight excluding hydrogens is 554 g/mol. The van der Waals surface area contributed by atoms with Gasteiger partial charge in [-0.2, -0.15) is 16.8 Å². The van der Waals surface area contributed by atoms with Crippen molar-refractivity contribution in [1.29, 1.82) is 0 Å². The summed E-state index contributed by atoms with van der Waals surface area (Å²) in [5.41, 5.74) is 6.64. The molecule has 0 aliphatic carbocycles. The molecule has 0 bridgehead atoms. The zero-order valence-electron chi connectivity index (χ0n) is 23.7. The number of nitrogens with zero attached hydrogens (tertiary/aromatic N) is 1.